The molecule has 0 spiro atoms. The molecular weight excluding hydrogens is 274 g/mol. The highest BCUT2D eigenvalue weighted by Crippen LogP contribution is 2.19. The third kappa shape index (κ3) is 3.21. The number of amides is 2. The molecule has 3 N–H and O–H groups in total. The number of hydrogen-bond acceptors (Lipinski definition) is 4. The van der Waals surface area contributed by atoms with E-state index in [4.69, 9.17) is 5.73 Å². The summed E-state index contributed by atoms with van der Waals surface area (Å²) in [6, 6.07) is 11.8. The molecule has 106 valence electrons. The van der Waals surface area contributed by atoms with Crippen molar-refractivity contribution < 1.29 is 14.5 Å². The molecule has 0 radical (unpaired) electrons. The summed E-state index contributed by atoms with van der Waals surface area (Å²) >= 11 is 0. The van der Waals surface area contributed by atoms with E-state index >= 15 is 0 Å². The summed E-state index contributed by atoms with van der Waals surface area (Å²) in [6.07, 6.45) is 0. The predicted octanol–water partition coefficient (Wildman–Crippen LogP) is 1.95. The van der Waals surface area contributed by atoms with Crippen LogP contribution >= 0.6 is 0 Å². The molecule has 2 aromatic rings. The second-order valence-corrected chi connectivity index (χ2v) is 4.17. The van der Waals surface area contributed by atoms with Gasteiger partial charge in [-0.25, -0.2) is 0 Å². The molecule has 0 bridgehead atoms. The monoisotopic (exact) mass is 285 g/mol. The predicted molar refractivity (Wildman–Crippen MR) is 76.0 cm³/mol. The molecular formula is C14H11N3O4. The van der Waals surface area contributed by atoms with E-state index in [0.717, 1.165) is 12.1 Å². The van der Waals surface area contributed by atoms with Gasteiger partial charge in [-0.3, -0.25) is 19.7 Å². The zero-order chi connectivity index (χ0) is 15.4. The van der Waals surface area contributed by atoms with Gasteiger partial charge < -0.3 is 11.1 Å². The van der Waals surface area contributed by atoms with Crippen LogP contribution in [0.3, 0.4) is 0 Å². The first kappa shape index (κ1) is 14.2. The van der Waals surface area contributed by atoms with Crippen molar-refractivity contribution in [1.29, 1.82) is 0 Å². The number of nitrogens with zero attached hydrogens (tertiary/aromatic N) is 1. The van der Waals surface area contributed by atoms with Gasteiger partial charge in [-0.05, 0) is 18.2 Å². The molecule has 0 saturated heterocycles. The minimum atomic E-state index is -0.830. The average molecular weight is 285 g/mol. The second kappa shape index (κ2) is 5.83. The Labute approximate surface area is 119 Å². The number of nitro groups is 1. The van der Waals surface area contributed by atoms with Gasteiger partial charge in [0.25, 0.3) is 11.6 Å². The lowest BCUT2D eigenvalue weighted by atomic mass is 10.1. The molecule has 0 aliphatic heterocycles. The van der Waals surface area contributed by atoms with Crippen LogP contribution in [0.15, 0.2) is 48.5 Å². The van der Waals surface area contributed by atoms with Gasteiger partial charge in [0.2, 0.25) is 5.91 Å². The number of rotatable bonds is 4. The highest BCUT2D eigenvalue weighted by Gasteiger charge is 2.19. The van der Waals surface area contributed by atoms with E-state index in [2.05, 4.69) is 5.32 Å². The Bertz CT molecular complexity index is 713. The number of nitrogens with one attached hydrogen (secondary N) is 1. The fraction of sp³-hybridized carbons (Fsp3) is 0. The summed E-state index contributed by atoms with van der Waals surface area (Å²) in [6.45, 7) is 0. The van der Waals surface area contributed by atoms with Crippen molar-refractivity contribution in [2.24, 2.45) is 5.73 Å². The minimum absolute atomic E-state index is 0.0750. The highest BCUT2D eigenvalue weighted by atomic mass is 16.6. The number of primary amides is 1. The molecule has 21 heavy (non-hydrogen) atoms. The summed E-state index contributed by atoms with van der Waals surface area (Å²) < 4.78 is 0. The van der Waals surface area contributed by atoms with Gasteiger partial charge in [0, 0.05) is 17.8 Å². The van der Waals surface area contributed by atoms with Crippen molar-refractivity contribution >= 4 is 23.2 Å². The number of nitro benzene ring substituents is 1. The number of non-ortho nitro benzene ring substituents is 1. The maximum atomic E-state index is 12.2. The molecule has 0 aromatic heterocycles. The van der Waals surface area contributed by atoms with E-state index in [1.54, 1.807) is 30.3 Å². The third-order valence-electron chi connectivity index (χ3n) is 2.76. The van der Waals surface area contributed by atoms with Gasteiger partial charge >= 0.3 is 0 Å². The fourth-order valence-electron chi connectivity index (χ4n) is 1.77. The van der Waals surface area contributed by atoms with E-state index in [9.17, 15) is 19.7 Å². The van der Waals surface area contributed by atoms with Crippen LogP contribution in [-0.2, 0) is 0 Å². The van der Waals surface area contributed by atoms with Gasteiger partial charge in [0.15, 0.2) is 0 Å². The highest BCUT2D eigenvalue weighted by molar-refractivity contribution is 6.12. The molecule has 7 heteroatoms. The number of benzene rings is 2. The third-order valence-corrected chi connectivity index (χ3v) is 2.76. The Hall–Kier alpha value is -3.22. The lowest BCUT2D eigenvalue weighted by Gasteiger charge is -2.08. The maximum absolute atomic E-state index is 12.2. The van der Waals surface area contributed by atoms with Crippen LogP contribution in [0, 0.1) is 10.1 Å². The van der Waals surface area contributed by atoms with Crippen molar-refractivity contribution in [3.8, 4) is 0 Å². The Morgan fingerprint density at radius 1 is 1.05 bits per heavy atom. The molecule has 0 unspecified atom stereocenters. The normalized spacial score (nSPS) is 9.90. The number of carbonyl (C=O) groups excluding carboxylic acids is 2. The van der Waals surface area contributed by atoms with Crippen LogP contribution in [-0.4, -0.2) is 16.7 Å². The molecule has 2 rings (SSSR count). The molecule has 0 aliphatic carbocycles. The first-order chi connectivity index (χ1) is 9.99. The molecule has 0 heterocycles. The van der Waals surface area contributed by atoms with Crippen molar-refractivity contribution in [3.63, 3.8) is 0 Å². The Morgan fingerprint density at radius 2 is 1.71 bits per heavy atom. The van der Waals surface area contributed by atoms with Crippen molar-refractivity contribution in [1.82, 2.24) is 0 Å². The Balaban J connectivity index is 2.40. The van der Waals surface area contributed by atoms with Gasteiger partial charge in [-0.1, -0.05) is 18.2 Å². The summed E-state index contributed by atoms with van der Waals surface area (Å²) in [5.41, 5.74) is 5.18. The summed E-state index contributed by atoms with van der Waals surface area (Å²) in [4.78, 5) is 33.6. The zero-order valence-electron chi connectivity index (χ0n) is 10.8. The molecule has 0 fully saturated rings. The number of anilines is 1. The maximum Gasteiger partial charge on any atom is 0.270 e. The molecule has 0 aliphatic rings. The lowest BCUT2D eigenvalue weighted by molar-refractivity contribution is -0.384. The van der Waals surface area contributed by atoms with E-state index in [1.165, 1.54) is 6.07 Å². The standard InChI is InChI=1S/C14H11N3O4/c15-13(18)11-7-6-10(17(20)21)8-12(11)14(19)16-9-4-2-1-3-5-9/h1-8H,(H2,15,18)(H,16,19). The Kier molecular flexibility index (Phi) is 3.94. The van der Waals surface area contributed by atoms with Crippen molar-refractivity contribution in [3.05, 3.63) is 69.8 Å². The number of para-hydroxylation sites is 1. The van der Waals surface area contributed by atoms with Crippen LogP contribution in [0.1, 0.15) is 20.7 Å². The van der Waals surface area contributed by atoms with Crippen LogP contribution in [0.5, 0.6) is 0 Å². The largest absolute Gasteiger partial charge is 0.366 e. The summed E-state index contributed by atoms with van der Waals surface area (Å²) in [5, 5.41) is 13.3. The van der Waals surface area contributed by atoms with Gasteiger partial charge in [-0.2, -0.15) is 0 Å². The second-order valence-electron chi connectivity index (χ2n) is 4.17. The summed E-state index contributed by atoms with van der Waals surface area (Å²) in [7, 11) is 0. The van der Waals surface area contributed by atoms with Gasteiger partial charge in [0.1, 0.15) is 0 Å². The van der Waals surface area contributed by atoms with E-state index in [-0.39, 0.29) is 16.8 Å². The first-order valence-corrected chi connectivity index (χ1v) is 5.93. The zero-order valence-corrected chi connectivity index (χ0v) is 10.8. The quantitative estimate of drug-likeness (QED) is 0.659. The minimum Gasteiger partial charge on any atom is -0.366 e. The molecule has 7 nitrogen and oxygen atoms in total. The van der Waals surface area contributed by atoms with Gasteiger partial charge in [0.05, 0.1) is 16.1 Å². The van der Waals surface area contributed by atoms with Crippen LogP contribution in [0.2, 0.25) is 0 Å². The fourth-order valence-corrected chi connectivity index (χ4v) is 1.77. The topological polar surface area (TPSA) is 115 Å². The van der Waals surface area contributed by atoms with E-state index in [1.807, 2.05) is 0 Å². The van der Waals surface area contributed by atoms with Crippen LogP contribution < -0.4 is 11.1 Å². The molecule has 0 saturated carbocycles. The van der Waals surface area contributed by atoms with Gasteiger partial charge in [-0.15, -0.1) is 0 Å². The number of hydrogen-bond donors (Lipinski definition) is 2. The number of nitrogens with two attached hydrogens (primary N) is 1. The molecule has 2 aromatic carbocycles. The molecule has 0 atom stereocenters. The summed E-state index contributed by atoms with van der Waals surface area (Å²) in [5.74, 6) is -1.47. The average Bonchev–Trinajstić information content (AvgIpc) is 2.47. The Morgan fingerprint density at radius 3 is 2.29 bits per heavy atom. The van der Waals surface area contributed by atoms with Crippen LogP contribution in [0.25, 0.3) is 0 Å². The first-order valence-electron chi connectivity index (χ1n) is 5.93. The van der Waals surface area contributed by atoms with Crippen molar-refractivity contribution in [2.75, 3.05) is 5.32 Å². The van der Waals surface area contributed by atoms with Crippen LogP contribution in [0.4, 0.5) is 11.4 Å². The number of carbonyl (C=O) groups is 2. The molecule has 2 amide bonds. The van der Waals surface area contributed by atoms with E-state index in [0.29, 0.717) is 5.69 Å². The lowest BCUT2D eigenvalue weighted by Crippen LogP contribution is -2.20. The smallest absolute Gasteiger partial charge is 0.270 e. The van der Waals surface area contributed by atoms with E-state index < -0.39 is 16.7 Å². The van der Waals surface area contributed by atoms with Crippen molar-refractivity contribution in [2.45, 2.75) is 0 Å². The SMILES string of the molecule is NC(=O)c1ccc([N+](=O)[O-])cc1C(=O)Nc1ccccc1.